The Hall–Kier alpha value is -1.10. The lowest BCUT2D eigenvalue weighted by Gasteiger charge is -2.30. The first-order valence-electron chi connectivity index (χ1n) is 5.63. The second-order valence-corrected chi connectivity index (χ2v) is 3.94. The van der Waals surface area contributed by atoms with Gasteiger partial charge in [0.1, 0.15) is 0 Å². The van der Waals surface area contributed by atoms with Crippen molar-refractivity contribution in [2.45, 2.75) is 51.5 Å². The van der Waals surface area contributed by atoms with E-state index in [1.165, 1.54) is 0 Å². The number of hydrogen-bond acceptors (Lipinski definition) is 3. The maximum atomic E-state index is 11.5. The summed E-state index contributed by atoms with van der Waals surface area (Å²) >= 11 is 0. The summed E-state index contributed by atoms with van der Waals surface area (Å²) in [4.78, 5) is 21.8. The van der Waals surface area contributed by atoms with Crippen LogP contribution >= 0.6 is 0 Å². The fourth-order valence-electron chi connectivity index (χ4n) is 1.45. The monoisotopic (exact) mass is 231 g/mol. The highest BCUT2D eigenvalue weighted by atomic mass is 16.4. The molecule has 0 aromatic heterocycles. The minimum absolute atomic E-state index is 0.00219. The van der Waals surface area contributed by atoms with E-state index in [1.807, 2.05) is 13.8 Å². The van der Waals surface area contributed by atoms with Gasteiger partial charge in [-0.05, 0) is 19.3 Å². The van der Waals surface area contributed by atoms with Crippen LogP contribution in [-0.4, -0.2) is 34.2 Å². The highest BCUT2D eigenvalue weighted by Gasteiger charge is 2.26. The zero-order chi connectivity index (χ0) is 12.6. The van der Waals surface area contributed by atoms with E-state index in [0.29, 0.717) is 19.3 Å². The lowest BCUT2D eigenvalue weighted by molar-refractivity contribution is -0.137. The lowest BCUT2D eigenvalue weighted by Crippen LogP contribution is -2.50. The SMILES string of the molecule is CCC(CC)(CO)NC(=O)CCCC(=O)O. The zero-order valence-electron chi connectivity index (χ0n) is 9.95. The molecule has 0 fully saturated rings. The molecule has 0 aliphatic heterocycles. The van der Waals surface area contributed by atoms with E-state index >= 15 is 0 Å². The molecule has 5 nitrogen and oxygen atoms in total. The molecule has 0 saturated heterocycles. The summed E-state index contributed by atoms with van der Waals surface area (Å²) < 4.78 is 0. The van der Waals surface area contributed by atoms with Crippen LogP contribution in [0.15, 0.2) is 0 Å². The van der Waals surface area contributed by atoms with E-state index in [4.69, 9.17) is 5.11 Å². The van der Waals surface area contributed by atoms with Gasteiger partial charge in [-0.3, -0.25) is 9.59 Å². The molecule has 0 aromatic rings. The quantitative estimate of drug-likeness (QED) is 0.579. The summed E-state index contributed by atoms with van der Waals surface area (Å²) in [5.41, 5.74) is -0.555. The molecule has 0 aromatic carbocycles. The first kappa shape index (κ1) is 14.9. The highest BCUT2D eigenvalue weighted by Crippen LogP contribution is 2.14. The number of carbonyl (C=O) groups is 2. The molecule has 0 aliphatic carbocycles. The van der Waals surface area contributed by atoms with Gasteiger partial charge in [0.05, 0.1) is 12.1 Å². The van der Waals surface area contributed by atoms with Crippen LogP contribution in [0.2, 0.25) is 0 Å². The Morgan fingerprint density at radius 3 is 2.12 bits per heavy atom. The van der Waals surface area contributed by atoms with Crippen molar-refractivity contribution in [2.75, 3.05) is 6.61 Å². The molecule has 0 unspecified atom stereocenters. The van der Waals surface area contributed by atoms with Gasteiger partial charge < -0.3 is 15.5 Å². The second kappa shape index (κ2) is 7.22. The fourth-order valence-corrected chi connectivity index (χ4v) is 1.45. The van der Waals surface area contributed by atoms with Crippen LogP contribution in [0, 0.1) is 0 Å². The average molecular weight is 231 g/mol. The molecule has 94 valence electrons. The van der Waals surface area contributed by atoms with Crippen LogP contribution in [0.3, 0.4) is 0 Å². The van der Waals surface area contributed by atoms with Crippen LogP contribution in [-0.2, 0) is 9.59 Å². The van der Waals surface area contributed by atoms with E-state index in [0.717, 1.165) is 0 Å². The van der Waals surface area contributed by atoms with Crippen molar-refractivity contribution < 1.29 is 19.8 Å². The Bertz CT molecular complexity index is 228. The van der Waals surface area contributed by atoms with Crippen LogP contribution < -0.4 is 5.32 Å². The number of hydrogen-bond donors (Lipinski definition) is 3. The van der Waals surface area contributed by atoms with Crippen LogP contribution in [0.1, 0.15) is 46.0 Å². The molecule has 16 heavy (non-hydrogen) atoms. The normalized spacial score (nSPS) is 11.2. The number of carboxylic acid groups (broad SMARTS) is 1. The number of amides is 1. The van der Waals surface area contributed by atoms with E-state index < -0.39 is 11.5 Å². The number of carbonyl (C=O) groups excluding carboxylic acids is 1. The molecule has 0 spiro atoms. The standard InChI is InChI=1S/C11H21NO4/c1-3-11(4-2,8-13)12-9(14)6-5-7-10(15)16/h13H,3-8H2,1-2H3,(H,12,14)(H,15,16). The first-order chi connectivity index (χ1) is 7.49. The molecule has 0 bridgehead atoms. The third-order valence-corrected chi connectivity index (χ3v) is 2.86. The molecular formula is C11H21NO4. The van der Waals surface area contributed by atoms with E-state index in [2.05, 4.69) is 5.32 Å². The van der Waals surface area contributed by atoms with E-state index in [1.54, 1.807) is 0 Å². The molecule has 0 rings (SSSR count). The zero-order valence-corrected chi connectivity index (χ0v) is 9.95. The maximum Gasteiger partial charge on any atom is 0.303 e. The predicted molar refractivity (Wildman–Crippen MR) is 60.0 cm³/mol. The Kier molecular flexibility index (Phi) is 6.72. The molecule has 0 radical (unpaired) electrons. The third kappa shape index (κ3) is 5.11. The number of rotatable bonds is 8. The molecule has 5 heteroatoms. The molecule has 3 N–H and O–H groups in total. The van der Waals surface area contributed by atoms with E-state index in [9.17, 15) is 14.7 Å². The van der Waals surface area contributed by atoms with Crippen molar-refractivity contribution in [1.82, 2.24) is 5.32 Å². The van der Waals surface area contributed by atoms with Crippen LogP contribution in [0.25, 0.3) is 0 Å². The van der Waals surface area contributed by atoms with Crippen molar-refractivity contribution >= 4 is 11.9 Å². The Labute approximate surface area is 95.9 Å². The summed E-state index contributed by atoms with van der Waals surface area (Å²) in [5, 5.41) is 20.4. The number of nitrogens with one attached hydrogen (secondary N) is 1. The second-order valence-electron chi connectivity index (χ2n) is 3.94. The van der Waals surface area contributed by atoms with Gasteiger partial charge in [-0.25, -0.2) is 0 Å². The van der Waals surface area contributed by atoms with Crippen molar-refractivity contribution in [3.8, 4) is 0 Å². The Morgan fingerprint density at radius 1 is 1.19 bits per heavy atom. The summed E-state index contributed by atoms with van der Waals surface area (Å²) in [7, 11) is 0. The van der Waals surface area contributed by atoms with Crippen LogP contribution in [0.5, 0.6) is 0 Å². The largest absolute Gasteiger partial charge is 0.481 e. The summed E-state index contributed by atoms with van der Waals surface area (Å²) in [6, 6.07) is 0. The van der Waals surface area contributed by atoms with Gasteiger partial charge >= 0.3 is 5.97 Å². The Balaban J connectivity index is 4.05. The Morgan fingerprint density at radius 2 is 1.75 bits per heavy atom. The first-order valence-corrected chi connectivity index (χ1v) is 5.63. The van der Waals surface area contributed by atoms with Crippen LogP contribution in [0.4, 0.5) is 0 Å². The summed E-state index contributed by atoms with van der Waals surface area (Å²) in [6.07, 6.45) is 1.83. The van der Waals surface area contributed by atoms with Crippen molar-refractivity contribution in [3.05, 3.63) is 0 Å². The average Bonchev–Trinajstić information content (AvgIpc) is 2.25. The number of aliphatic hydroxyl groups is 1. The van der Waals surface area contributed by atoms with Gasteiger partial charge in [0.25, 0.3) is 0 Å². The molecule has 0 atom stereocenters. The minimum Gasteiger partial charge on any atom is -0.481 e. The summed E-state index contributed by atoms with van der Waals surface area (Å²) in [6.45, 7) is 3.71. The topological polar surface area (TPSA) is 86.6 Å². The number of carboxylic acids is 1. The molecule has 0 saturated carbocycles. The lowest BCUT2D eigenvalue weighted by atomic mass is 9.93. The van der Waals surface area contributed by atoms with Crippen molar-refractivity contribution in [1.29, 1.82) is 0 Å². The van der Waals surface area contributed by atoms with Gasteiger partial charge in [0.15, 0.2) is 0 Å². The molecular weight excluding hydrogens is 210 g/mol. The third-order valence-electron chi connectivity index (χ3n) is 2.86. The minimum atomic E-state index is -0.896. The van der Waals surface area contributed by atoms with Gasteiger partial charge in [0, 0.05) is 12.8 Å². The van der Waals surface area contributed by atoms with Gasteiger partial charge in [-0.1, -0.05) is 13.8 Å². The van der Waals surface area contributed by atoms with Gasteiger partial charge in [0.2, 0.25) is 5.91 Å². The van der Waals surface area contributed by atoms with E-state index in [-0.39, 0.29) is 25.4 Å². The van der Waals surface area contributed by atoms with Gasteiger partial charge in [-0.15, -0.1) is 0 Å². The predicted octanol–water partition coefficient (Wildman–Crippen LogP) is 0.909. The molecule has 0 aliphatic rings. The van der Waals surface area contributed by atoms with Crippen molar-refractivity contribution in [2.24, 2.45) is 0 Å². The maximum absolute atomic E-state index is 11.5. The van der Waals surface area contributed by atoms with Gasteiger partial charge in [-0.2, -0.15) is 0 Å². The molecule has 1 amide bonds. The summed E-state index contributed by atoms with van der Waals surface area (Å²) in [5.74, 6) is -1.09. The number of aliphatic hydroxyl groups excluding tert-OH is 1. The fraction of sp³-hybridized carbons (Fsp3) is 0.818. The highest BCUT2D eigenvalue weighted by molar-refractivity contribution is 5.77. The molecule has 0 heterocycles. The smallest absolute Gasteiger partial charge is 0.303 e. The van der Waals surface area contributed by atoms with Crippen molar-refractivity contribution in [3.63, 3.8) is 0 Å². The number of aliphatic carboxylic acids is 1.